The van der Waals surface area contributed by atoms with Gasteiger partial charge in [-0.25, -0.2) is 0 Å². The van der Waals surface area contributed by atoms with Gasteiger partial charge in [0, 0.05) is 30.7 Å². The molecule has 1 saturated heterocycles. The minimum Gasteiger partial charge on any atom is -0.468 e. The highest BCUT2D eigenvalue weighted by molar-refractivity contribution is 5.13. The molecule has 1 aromatic rings. The molecular weight excluding hydrogens is 228 g/mol. The summed E-state index contributed by atoms with van der Waals surface area (Å²) in [5.41, 5.74) is 1.26. The minimum atomic E-state index is 0.483. The lowest BCUT2D eigenvalue weighted by atomic mass is 10.2. The highest BCUT2D eigenvalue weighted by Gasteiger charge is 2.21. The second-order valence-electron chi connectivity index (χ2n) is 5.47. The monoisotopic (exact) mass is 250 g/mol. The molecule has 1 N–H and O–H groups in total. The molecule has 1 aromatic heterocycles. The number of rotatable bonds is 5. The summed E-state index contributed by atoms with van der Waals surface area (Å²) in [6.07, 6.45) is 4.54. The lowest BCUT2D eigenvalue weighted by Gasteiger charge is -2.32. The molecule has 100 valence electrons. The SMILES string of the molecule is CC1COCCN1Cc1cc(CNC2CC2)co1. The number of hydrogen-bond acceptors (Lipinski definition) is 4. The second-order valence-corrected chi connectivity index (χ2v) is 5.47. The number of nitrogens with one attached hydrogen (secondary N) is 1. The van der Waals surface area contributed by atoms with Gasteiger partial charge in [-0.3, -0.25) is 4.90 Å². The predicted molar refractivity (Wildman–Crippen MR) is 69.3 cm³/mol. The van der Waals surface area contributed by atoms with Crippen molar-refractivity contribution in [2.45, 2.75) is 44.9 Å². The van der Waals surface area contributed by atoms with Gasteiger partial charge in [0.1, 0.15) is 5.76 Å². The van der Waals surface area contributed by atoms with Crippen molar-refractivity contribution in [1.29, 1.82) is 0 Å². The standard InChI is InChI=1S/C14H22N2O2/c1-11-9-17-5-4-16(11)8-14-6-12(10-18-14)7-15-13-2-3-13/h6,10-11,13,15H,2-5,7-9H2,1H3. The molecule has 1 unspecified atom stereocenters. The maximum Gasteiger partial charge on any atom is 0.118 e. The van der Waals surface area contributed by atoms with Gasteiger partial charge >= 0.3 is 0 Å². The Labute approximate surface area is 108 Å². The summed E-state index contributed by atoms with van der Waals surface area (Å²) in [5.74, 6) is 1.07. The molecule has 0 bridgehead atoms. The van der Waals surface area contributed by atoms with Gasteiger partial charge in [-0.05, 0) is 25.8 Å². The van der Waals surface area contributed by atoms with Gasteiger partial charge in [0.15, 0.2) is 0 Å². The molecule has 0 radical (unpaired) electrons. The Hall–Kier alpha value is -0.840. The van der Waals surface area contributed by atoms with Crippen LogP contribution in [0.25, 0.3) is 0 Å². The van der Waals surface area contributed by atoms with Crippen LogP contribution in [0.5, 0.6) is 0 Å². The summed E-state index contributed by atoms with van der Waals surface area (Å²) in [7, 11) is 0. The van der Waals surface area contributed by atoms with Crippen LogP contribution in [0.3, 0.4) is 0 Å². The van der Waals surface area contributed by atoms with E-state index in [0.717, 1.165) is 44.7 Å². The van der Waals surface area contributed by atoms with E-state index in [1.807, 2.05) is 6.26 Å². The van der Waals surface area contributed by atoms with Crippen LogP contribution in [0.2, 0.25) is 0 Å². The molecule has 3 rings (SSSR count). The Morgan fingerprint density at radius 1 is 1.44 bits per heavy atom. The molecule has 1 saturated carbocycles. The first-order valence-corrected chi connectivity index (χ1v) is 6.93. The average molecular weight is 250 g/mol. The molecule has 1 aliphatic carbocycles. The van der Waals surface area contributed by atoms with Crippen LogP contribution in [0, 0.1) is 0 Å². The fourth-order valence-corrected chi connectivity index (χ4v) is 2.35. The van der Waals surface area contributed by atoms with Gasteiger partial charge in [0.2, 0.25) is 0 Å². The fourth-order valence-electron chi connectivity index (χ4n) is 2.35. The third-order valence-electron chi connectivity index (χ3n) is 3.74. The lowest BCUT2D eigenvalue weighted by Crippen LogP contribution is -2.42. The Morgan fingerprint density at radius 3 is 3.11 bits per heavy atom. The highest BCUT2D eigenvalue weighted by Crippen LogP contribution is 2.20. The van der Waals surface area contributed by atoms with Crippen molar-refractivity contribution in [3.05, 3.63) is 23.7 Å². The van der Waals surface area contributed by atoms with Gasteiger partial charge in [0.25, 0.3) is 0 Å². The van der Waals surface area contributed by atoms with Crippen molar-refractivity contribution in [1.82, 2.24) is 10.2 Å². The number of nitrogens with zero attached hydrogens (tertiary/aromatic N) is 1. The zero-order valence-corrected chi connectivity index (χ0v) is 11.0. The third-order valence-corrected chi connectivity index (χ3v) is 3.74. The smallest absolute Gasteiger partial charge is 0.118 e. The van der Waals surface area contributed by atoms with E-state index in [4.69, 9.17) is 9.15 Å². The van der Waals surface area contributed by atoms with Gasteiger partial charge < -0.3 is 14.5 Å². The van der Waals surface area contributed by atoms with E-state index in [-0.39, 0.29) is 0 Å². The Morgan fingerprint density at radius 2 is 2.33 bits per heavy atom. The Kier molecular flexibility index (Phi) is 3.68. The quantitative estimate of drug-likeness (QED) is 0.864. The summed E-state index contributed by atoms with van der Waals surface area (Å²) in [6, 6.07) is 3.41. The van der Waals surface area contributed by atoms with Crippen molar-refractivity contribution in [2.75, 3.05) is 19.8 Å². The number of ether oxygens (including phenoxy) is 1. The number of furan rings is 1. The van der Waals surface area contributed by atoms with Crippen molar-refractivity contribution in [3.8, 4) is 0 Å². The molecule has 0 spiro atoms. The molecule has 1 atom stereocenters. The molecule has 4 heteroatoms. The van der Waals surface area contributed by atoms with E-state index in [1.165, 1.54) is 18.4 Å². The van der Waals surface area contributed by atoms with Crippen LogP contribution in [0.4, 0.5) is 0 Å². The summed E-state index contributed by atoms with van der Waals surface area (Å²) in [5, 5.41) is 3.51. The molecule has 1 aliphatic heterocycles. The molecular formula is C14H22N2O2. The number of hydrogen-bond donors (Lipinski definition) is 1. The molecule has 0 aromatic carbocycles. The van der Waals surface area contributed by atoms with Crippen LogP contribution < -0.4 is 5.32 Å². The van der Waals surface area contributed by atoms with Gasteiger partial charge in [-0.2, -0.15) is 0 Å². The van der Waals surface area contributed by atoms with Crippen LogP contribution in [0.1, 0.15) is 31.1 Å². The van der Waals surface area contributed by atoms with Gasteiger partial charge in [0.05, 0.1) is 26.0 Å². The van der Waals surface area contributed by atoms with Crippen molar-refractivity contribution in [3.63, 3.8) is 0 Å². The molecule has 2 fully saturated rings. The number of morpholine rings is 1. The summed E-state index contributed by atoms with van der Waals surface area (Å²) in [4.78, 5) is 2.42. The maximum atomic E-state index is 5.65. The average Bonchev–Trinajstić information content (AvgIpc) is 3.10. The first kappa shape index (κ1) is 12.2. The lowest BCUT2D eigenvalue weighted by molar-refractivity contribution is -0.00708. The van der Waals surface area contributed by atoms with E-state index < -0.39 is 0 Å². The molecule has 0 amide bonds. The van der Waals surface area contributed by atoms with E-state index in [1.54, 1.807) is 0 Å². The topological polar surface area (TPSA) is 37.6 Å². The first-order chi connectivity index (χ1) is 8.81. The van der Waals surface area contributed by atoms with Crippen LogP contribution in [-0.4, -0.2) is 36.7 Å². The van der Waals surface area contributed by atoms with Crippen molar-refractivity contribution < 1.29 is 9.15 Å². The molecule has 2 heterocycles. The molecule has 2 aliphatic rings. The maximum absolute atomic E-state index is 5.65. The largest absolute Gasteiger partial charge is 0.468 e. The van der Waals surface area contributed by atoms with E-state index in [9.17, 15) is 0 Å². The normalized spacial score (nSPS) is 25.5. The highest BCUT2D eigenvalue weighted by atomic mass is 16.5. The van der Waals surface area contributed by atoms with Crippen molar-refractivity contribution >= 4 is 0 Å². The molecule has 4 nitrogen and oxygen atoms in total. The van der Waals surface area contributed by atoms with Gasteiger partial charge in [-0.1, -0.05) is 0 Å². The first-order valence-electron chi connectivity index (χ1n) is 6.93. The minimum absolute atomic E-state index is 0.483. The Balaban J connectivity index is 1.51. The van der Waals surface area contributed by atoms with E-state index >= 15 is 0 Å². The predicted octanol–water partition coefficient (Wildman–Crippen LogP) is 1.75. The Bertz CT molecular complexity index is 387. The molecule has 18 heavy (non-hydrogen) atoms. The summed E-state index contributed by atoms with van der Waals surface area (Å²) < 4.78 is 11.1. The fraction of sp³-hybridized carbons (Fsp3) is 0.714. The summed E-state index contributed by atoms with van der Waals surface area (Å²) in [6.45, 7) is 6.70. The van der Waals surface area contributed by atoms with Crippen LogP contribution in [0.15, 0.2) is 16.7 Å². The summed E-state index contributed by atoms with van der Waals surface area (Å²) >= 11 is 0. The van der Waals surface area contributed by atoms with Gasteiger partial charge in [-0.15, -0.1) is 0 Å². The van der Waals surface area contributed by atoms with E-state index in [2.05, 4.69) is 23.2 Å². The van der Waals surface area contributed by atoms with Crippen molar-refractivity contribution in [2.24, 2.45) is 0 Å². The zero-order valence-electron chi connectivity index (χ0n) is 11.0. The second kappa shape index (κ2) is 5.43. The zero-order chi connectivity index (χ0) is 12.4. The third kappa shape index (κ3) is 3.13. The van der Waals surface area contributed by atoms with Crippen LogP contribution >= 0.6 is 0 Å². The van der Waals surface area contributed by atoms with E-state index in [0.29, 0.717) is 6.04 Å². The van der Waals surface area contributed by atoms with Crippen LogP contribution in [-0.2, 0) is 17.8 Å².